The highest BCUT2D eigenvalue weighted by Crippen LogP contribution is 2.53. The fourth-order valence-corrected chi connectivity index (χ4v) is 5.82. The van der Waals surface area contributed by atoms with Gasteiger partial charge in [0.25, 0.3) is 5.91 Å². The quantitative estimate of drug-likeness (QED) is 0.391. The Morgan fingerprint density at radius 1 is 1.15 bits per heavy atom. The highest BCUT2D eigenvalue weighted by atomic mass is 16.3. The van der Waals surface area contributed by atoms with Crippen LogP contribution >= 0.6 is 0 Å². The maximum absolute atomic E-state index is 13.8. The minimum Gasteiger partial charge on any atom is -0.508 e. The molecular formula is C24H29N3O7. The first-order valence-corrected chi connectivity index (χ1v) is 10.9. The molecule has 0 saturated heterocycles. The van der Waals surface area contributed by atoms with Gasteiger partial charge >= 0.3 is 0 Å². The van der Waals surface area contributed by atoms with Crippen LogP contribution < -0.4 is 10.6 Å². The van der Waals surface area contributed by atoms with Crippen LogP contribution in [0.15, 0.2) is 23.0 Å². The summed E-state index contributed by atoms with van der Waals surface area (Å²) in [5, 5.41) is 44.4. The van der Waals surface area contributed by atoms with Crippen molar-refractivity contribution in [1.82, 2.24) is 4.90 Å². The molecule has 34 heavy (non-hydrogen) atoms. The lowest BCUT2D eigenvalue weighted by Crippen LogP contribution is -2.65. The fraction of sp³-hybridized carbons (Fsp3) is 0.458. The van der Waals surface area contributed by atoms with E-state index in [-0.39, 0.29) is 29.7 Å². The van der Waals surface area contributed by atoms with Gasteiger partial charge in [-0.25, -0.2) is 0 Å². The molecule has 1 amide bonds. The Morgan fingerprint density at radius 2 is 1.76 bits per heavy atom. The molecule has 10 nitrogen and oxygen atoms in total. The van der Waals surface area contributed by atoms with Crippen molar-refractivity contribution in [3.8, 4) is 5.75 Å². The Bertz CT molecular complexity index is 1210. The number of nitrogens with two attached hydrogens (primary N) is 1. The number of nitrogens with zero attached hydrogens (tertiary/aromatic N) is 2. The maximum atomic E-state index is 13.8. The van der Waals surface area contributed by atoms with Crippen LogP contribution in [0.25, 0.3) is 5.76 Å². The van der Waals surface area contributed by atoms with Crippen molar-refractivity contribution in [2.45, 2.75) is 31.4 Å². The third-order valence-corrected chi connectivity index (χ3v) is 7.37. The van der Waals surface area contributed by atoms with E-state index < -0.39 is 58.0 Å². The van der Waals surface area contributed by atoms with Crippen LogP contribution in [-0.4, -0.2) is 82.6 Å². The van der Waals surface area contributed by atoms with Crippen LogP contribution in [0, 0.1) is 18.8 Å². The van der Waals surface area contributed by atoms with Gasteiger partial charge < -0.3 is 31.1 Å². The standard InChI is InChI=1S/C24H29N3O7/c1-9-6-13(26(2)3)11-7-10-8-12-17(27(4)5)20(30)16(23(25)33)22(32)24(12,34)21(31)14(10)19(29)15(11)18(9)28/h6,10,12,17,28-29,32,34H,7-8H2,1-5H3,(H2,25,33)/t10-,12-,17?,24-/m1/s1. The van der Waals surface area contributed by atoms with E-state index in [2.05, 4.69) is 0 Å². The van der Waals surface area contributed by atoms with Gasteiger partial charge in [0.05, 0.1) is 11.6 Å². The second-order valence-corrected chi connectivity index (χ2v) is 9.77. The monoisotopic (exact) mass is 471 g/mol. The van der Waals surface area contributed by atoms with Crippen LogP contribution in [0.1, 0.15) is 23.1 Å². The van der Waals surface area contributed by atoms with E-state index in [4.69, 9.17) is 5.73 Å². The number of benzene rings is 1. The largest absolute Gasteiger partial charge is 0.508 e. The Hall–Kier alpha value is -3.37. The molecule has 0 spiro atoms. The van der Waals surface area contributed by atoms with E-state index in [9.17, 15) is 34.8 Å². The first-order chi connectivity index (χ1) is 15.7. The number of fused-ring (bicyclic) bond motifs is 3. The number of hydrogen-bond acceptors (Lipinski definition) is 9. The lowest BCUT2D eigenvalue weighted by atomic mass is 9.57. The maximum Gasteiger partial charge on any atom is 0.255 e. The average Bonchev–Trinajstić information content (AvgIpc) is 2.72. The van der Waals surface area contributed by atoms with Crippen molar-refractivity contribution in [3.05, 3.63) is 39.7 Å². The molecule has 1 aromatic rings. The summed E-state index contributed by atoms with van der Waals surface area (Å²) in [4.78, 5) is 42.2. The van der Waals surface area contributed by atoms with E-state index in [1.807, 2.05) is 19.0 Å². The summed E-state index contributed by atoms with van der Waals surface area (Å²) < 4.78 is 0. The predicted molar refractivity (Wildman–Crippen MR) is 123 cm³/mol. The van der Waals surface area contributed by atoms with Gasteiger partial charge in [-0.15, -0.1) is 0 Å². The molecule has 4 rings (SSSR count). The number of carbonyl (C=O) groups excluding carboxylic acids is 3. The smallest absolute Gasteiger partial charge is 0.255 e. The van der Waals surface area contributed by atoms with Gasteiger partial charge in [0.1, 0.15) is 22.8 Å². The summed E-state index contributed by atoms with van der Waals surface area (Å²) >= 11 is 0. The molecule has 0 aromatic heterocycles. The van der Waals surface area contributed by atoms with Crippen molar-refractivity contribution in [1.29, 1.82) is 0 Å². The highest BCUT2D eigenvalue weighted by molar-refractivity contribution is 6.24. The number of ketones is 2. The highest BCUT2D eigenvalue weighted by Gasteiger charge is 2.64. The van der Waals surface area contributed by atoms with Crippen molar-refractivity contribution in [2.75, 3.05) is 33.1 Å². The minimum atomic E-state index is -2.63. The summed E-state index contributed by atoms with van der Waals surface area (Å²) in [5.74, 6) is -6.49. The Kier molecular flexibility index (Phi) is 5.30. The second-order valence-electron chi connectivity index (χ2n) is 9.77. The third kappa shape index (κ3) is 2.91. The molecule has 182 valence electrons. The molecule has 0 radical (unpaired) electrons. The van der Waals surface area contributed by atoms with Gasteiger partial charge in [-0.05, 0) is 57.0 Å². The van der Waals surface area contributed by atoms with Crippen LogP contribution in [-0.2, 0) is 20.8 Å². The van der Waals surface area contributed by atoms with Gasteiger partial charge in [-0.3, -0.25) is 19.3 Å². The third-order valence-electron chi connectivity index (χ3n) is 7.37. The molecule has 0 bridgehead atoms. The van der Waals surface area contributed by atoms with Gasteiger partial charge in [0, 0.05) is 31.3 Å². The molecule has 6 N–H and O–H groups in total. The second kappa shape index (κ2) is 7.57. The Balaban J connectivity index is 2.01. The minimum absolute atomic E-state index is 0.0628. The molecule has 4 atom stereocenters. The summed E-state index contributed by atoms with van der Waals surface area (Å²) in [6, 6.07) is 0.686. The van der Waals surface area contributed by atoms with E-state index in [0.717, 1.165) is 5.69 Å². The summed E-state index contributed by atoms with van der Waals surface area (Å²) in [6.45, 7) is 1.67. The first-order valence-electron chi connectivity index (χ1n) is 10.9. The summed E-state index contributed by atoms with van der Waals surface area (Å²) in [7, 11) is 6.78. The topological polar surface area (TPSA) is 165 Å². The molecule has 1 saturated carbocycles. The van der Waals surface area contributed by atoms with Crippen molar-refractivity contribution in [3.63, 3.8) is 0 Å². The number of aromatic hydroxyl groups is 1. The number of phenolic OH excluding ortho intramolecular Hbond substituents is 1. The molecule has 3 aliphatic carbocycles. The van der Waals surface area contributed by atoms with Crippen molar-refractivity contribution >= 4 is 28.9 Å². The molecule has 3 aliphatic rings. The zero-order chi connectivity index (χ0) is 25.4. The average molecular weight is 472 g/mol. The molecule has 0 aliphatic heterocycles. The van der Waals surface area contributed by atoms with Crippen molar-refractivity contribution < 1.29 is 34.8 Å². The zero-order valence-corrected chi connectivity index (χ0v) is 19.7. The van der Waals surface area contributed by atoms with Gasteiger partial charge in [0.15, 0.2) is 11.4 Å². The number of primary amides is 1. The number of aryl methyl sites for hydroxylation is 1. The normalized spacial score (nSPS) is 28.6. The molecule has 0 heterocycles. The lowest BCUT2D eigenvalue weighted by Gasteiger charge is -2.50. The number of Topliss-reactive ketones (excluding diaryl/α,β-unsaturated/α-hetero) is 2. The van der Waals surface area contributed by atoms with Gasteiger partial charge in [0.2, 0.25) is 5.78 Å². The predicted octanol–water partition coefficient (Wildman–Crippen LogP) is 0.338. The van der Waals surface area contributed by atoms with Gasteiger partial charge in [-0.2, -0.15) is 0 Å². The number of aliphatic hydroxyl groups excluding tert-OH is 2. The number of carbonyl (C=O) groups is 3. The molecule has 10 heteroatoms. The molecule has 1 fully saturated rings. The van der Waals surface area contributed by atoms with Crippen molar-refractivity contribution in [2.24, 2.45) is 17.6 Å². The lowest BCUT2D eigenvalue weighted by molar-refractivity contribution is -0.153. The van der Waals surface area contributed by atoms with Gasteiger partial charge in [-0.1, -0.05) is 0 Å². The van der Waals surface area contributed by atoms with E-state index in [0.29, 0.717) is 11.1 Å². The van der Waals surface area contributed by atoms with Crippen LogP contribution in [0.2, 0.25) is 0 Å². The fourth-order valence-electron chi connectivity index (χ4n) is 5.82. The SMILES string of the molecule is Cc1cc(N(C)C)c2c(c1O)C(O)=C1C(=O)[C@@]3(O)C(O)=C(C(N)=O)C(=O)C(N(C)C)[C@H]3C[C@H]1C2. The Labute approximate surface area is 196 Å². The number of phenols is 1. The summed E-state index contributed by atoms with van der Waals surface area (Å²) in [6.07, 6.45) is 0.323. The number of anilines is 1. The number of rotatable bonds is 3. The van der Waals surface area contributed by atoms with E-state index >= 15 is 0 Å². The van der Waals surface area contributed by atoms with E-state index in [1.165, 1.54) is 4.90 Å². The van der Waals surface area contributed by atoms with Crippen LogP contribution in [0.5, 0.6) is 5.75 Å². The zero-order valence-electron chi connectivity index (χ0n) is 19.7. The van der Waals surface area contributed by atoms with Crippen LogP contribution in [0.3, 0.4) is 0 Å². The number of likely N-dealkylation sites (N-methyl/N-ethyl adjacent to an activating group) is 1. The van der Waals surface area contributed by atoms with E-state index in [1.54, 1.807) is 27.1 Å². The number of hydrogen-bond donors (Lipinski definition) is 5. The summed E-state index contributed by atoms with van der Waals surface area (Å²) in [5.41, 5.74) is 3.69. The molecule has 1 unspecified atom stereocenters. The first kappa shape index (κ1) is 23.8. The molecular weight excluding hydrogens is 442 g/mol. The number of amides is 1. The molecule has 1 aromatic carbocycles. The van der Waals surface area contributed by atoms with Crippen LogP contribution in [0.4, 0.5) is 5.69 Å². The number of aliphatic hydroxyl groups is 3. The Morgan fingerprint density at radius 3 is 2.29 bits per heavy atom.